The second-order valence-corrected chi connectivity index (χ2v) is 3.75. The van der Waals surface area contributed by atoms with Crippen molar-refractivity contribution in [2.75, 3.05) is 0 Å². The number of nitrogens with zero attached hydrogens (tertiary/aromatic N) is 1. The van der Waals surface area contributed by atoms with E-state index in [4.69, 9.17) is 0 Å². The van der Waals surface area contributed by atoms with Crippen molar-refractivity contribution in [1.82, 2.24) is 4.57 Å². The average Bonchev–Trinajstić information content (AvgIpc) is 2.59. The highest BCUT2D eigenvalue weighted by atomic mass is 16.1. The normalized spacial score (nSPS) is 11.1. The second kappa shape index (κ2) is 3.29. The third-order valence-corrected chi connectivity index (χ3v) is 2.44. The molecule has 0 radical (unpaired) electrons. The van der Waals surface area contributed by atoms with E-state index in [1.807, 2.05) is 18.2 Å². The Morgan fingerprint density at radius 1 is 1.29 bits per heavy atom. The van der Waals surface area contributed by atoms with Gasteiger partial charge in [-0.1, -0.05) is 12.1 Å². The molecule has 0 saturated carbocycles. The van der Waals surface area contributed by atoms with Crippen LogP contribution in [0.3, 0.4) is 0 Å². The summed E-state index contributed by atoms with van der Waals surface area (Å²) in [6.07, 6.45) is 2.95. The zero-order chi connectivity index (χ0) is 10.1. The van der Waals surface area contributed by atoms with Gasteiger partial charge >= 0.3 is 0 Å². The fourth-order valence-corrected chi connectivity index (χ4v) is 1.69. The molecular formula is C12H13NO. The van der Waals surface area contributed by atoms with E-state index in [-0.39, 0.29) is 0 Å². The van der Waals surface area contributed by atoms with Crippen LogP contribution in [-0.4, -0.2) is 10.9 Å². The van der Waals surface area contributed by atoms with E-state index in [9.17, 15) is 4.79 Å². The molecule has 14 heavy (non-hydrogen) atoms. The summed E-state index contributed by atoms with van der Waals surface area (Å²) in [7, 11) is 0. The fourth-order valence-electron chi connectivity index (χ4n) is 1.69. The van der Waals surface area contributed by atoms with Crippen molar-refractivity contribution in [2.45, 2.75) is 19.9 Å². The Hall–Kier alpha value is -1.57. The molecule has 2 heteroatoms. The van der Waals surface area contributed by atoms with Crippen molar-refractivity contribution in [2.24, 2.45) is 0 Å². The van der Waals surface area contributed by atoms with Crippen LogP contribution in [0.4, 0.5) is 0 Å². The van der Waals surface area contributed by atoms with E-state index in [0.29, 0.717) is 6.04 Å². The molecule has 0 aliphatic heterocycles. The van der Waals surface area contributed by atoms with Crippen LogP contribution in [0.2, 0.25) is 0 Å². The van der Waals surface area contributed by atoms with Crippen LogP contribution >= 0.6 is 0 Å². The van der Waals surface area contributed by atoms with Gasteiger partial charge in [0.25, 0.3) is 0 Å². The van der Waals surface area contributed by atoms with Crippen LogP contribution in [-0.2, 0) is 0 Å². The van der Waals surface area contributed by atoms with Crippen molar-refractivity contribution < 1.29 is 4.79 Å². The van der Waals surface area contributed by atoms with Gasteiger partial charge in [0.05, 0.1) is 0 Å². The number of hydrogen-bond acceptors (Lipinski definition) is 1. The van der Waals surface area contributed by atoms with Gasteiger partial charge < -0.3 is 4.57 Å². The number of carbonyl (C=O) groups excluding carboxylic acids is 1. The molecule has 0 spiro atoms. The maximum atomic E-state index is 10.6. The molecule has 0 fully saturated rings. The zero-order valence-corrected chi connectivity index (χ0v) is 8.40. The molecule has 0 bridgehead atoms. The van der Waals surface area contributed by atoms with Crippen LogP contribution in [0.1, 0.15) is 30.2 Å². The molecule has 0 aliphatic rings. The number of rotatable bonds is 2. The quantitative estimate of drug-likeness (QED) is 0.662. The molecule has 0 N–H and O–H groups in total. The van der Waals surface area contributed by atoms with E-state index in [0.717, 1.165) is 17.4 Å². The van der Waals surface area contributed by atoms with Gasteiger partial charge in [-0.15, -0.1) is 0 Å². The number of hydrogen-bond donors (Lipinski definition) is 0. The Morgan fingerprint density at radius 3 is 2.71 bits per heavy atom. The second-order valence-electron chi connectivity index (χ2n) is 3.75. The van der Waals surface area contributed by atoms with Gasteiger partial charge in [0.2, 0.25) is 0 Å². The summed E-state index contributed by atoms with van der Waals surface area (Å²) in [6.45, 7) is 4.26. The summed E-state index contributed by atoms with van der Waals surface area (Å²) >= 11 is 0. The largest absolute Gasteiger partial charge is 0.345 e. The minimum absolute atomic E-state index is 0.425. The summed E-state index contributed by atoms with van der Waals surface area (Å²) in [5.74, 6) is 0. The molecule has 0 amide bonds. The summed E-state index contributed by atoms with van der Waals surface area (Å²) in [5, 5.41) is 1.18. The van der Waals surface area contributed by atoms with Gasteiger partial charge in [-0.3, -0.25) is 4.79 Å². The predicted octanol–water partition coefficient (Wildman–Crippen LogP) is 3.03. The molecule has 0 aliphatic carbocycles. The highest BCUT2D eigenvalue weighted by Gasteiger charge is 2.04. The maximum absolute atomic E-state index is 10.6. The molecule has 0 atom stereocenters. The SMILES string of the molecule is CC(C)n1ccc2ccc(C=O)cc21. The Morgan fingerprint density at radius 2 is 2.07 bits per heavy atom. The first-order chi connectivity index (χ1) is 6.72. The third-order valence-electron chi connectivity index (χ3n) is 2.44. The number of aromatic nitrogens is 1. The number of benzene rings is 1. The first-order valence-electron chi connectivity index (χ1n) is 4.78. The fraction of sp³-hybridized carbons (Fsp3) is 0.250. The Bertz CT molecular complexity index is 468. The Kier molecular flexibility index (Phi) is 2.12. The smallest absolute Gasteiger partial charge is 0.150 e. The Labute approximate surface area is 83.2 Å². The van der Waals surface area contributed by atoms with Crippen LogP contribution < -0.4 is 0 Å². The van der Waals surface area contributed by atoms with Gasteiger partial charge in [-0.05, 0) is 31.4 Å². The van der Waals surface area contributed by atoms with Crippen LogP contribution in [0, 0.1) is 0 Å². The molecule has 2 nitrogen and oxygen atoms in total. The minimum atomic E-state index is 0.425. The van der Waals surface area contributed by atoms with Crippen LogP contribution in [0.5, 0.6) is 0 Å². The molecule has 2 rings (SSSR count). The van der Waals surface area contributed by atoms with Gasteiger partial charge in [-0.2, -0.15) is 0 Å². The molecule has 1 aromatic heterocycles. The summed E-state index contributed by atoms with van der Waals surface area (Å²) in [6, 6.07) is 8.26. The zero-order valence-electron chi connectivity index (χ0n) is 8.40. The lowest BCUT2D eigenvalue weighted by Crippen LogP contribution is -1.98. The van der Waals surface area contributed by atoms with Gasteiger partial charge in [0.15, 0.2) is 0 Å². The molecule has 0 saturated heterocycles. The molecule has 1 heterocycles. The van der Waals surface area contributed by atoms with Crippen molar-refractivity contribution in [1.29, 1.82) is 0 Å². The van der Waals surface area contributed by atoms with Crippen molar-refractivity contribution >= 4 is 17.2 Å². The van der Waals surface area contributed by atoms with Gasteiger partial charge in [0.1, 0.15) is 6.29 Å². The lowest BCUT2D eigenvalue weighted by Gasteiger charge is -2.09. The number of carbonyl (C=O) groups is 1. The molecule has 1 aromatic carbocycles. The Balaban J connectivity index is 2.69. The first-order valence-corrected chi connectivity index (χ1v) is 4.78. The third kappa shape index (κ3) is 1.33. The topological polar surface area (TPSA) is 22.0 Å². The highest BCUT2D eigenvalue weighted by Crippen LogP contribution is 2.20. The van der Waals surface area contributed by atoms with E-state index in [1.165, 1.54) is 5.39 Å². The molecule has 72 valence electrons. The first kappa shape index (κ1) is 9.00. The predicted molar refractivity (Wildman–Crippen MR) is 57.7 cm³/mol. The molecule has 0 unspecified atom stereocenters. The lowest BCUT2D eigenvalue weighted by atomic mass is 10.2. The standard InChI is InChI=1S/C12H13NO/c1-9(2)13-6-5-11-4-3-10(8-14)7-12(11)13/h3-9H,1-2H3. The van der Waals surface area contributed by atoms with E-state index in [1.54, 1.807) is 0 Å². The lowest BCUT2D eigenvalue weighted by molar-refractivity contribution is 0.112. The van der Waals surface area contributed by atoms with E-state index in [2.05, 4.69) is 30.7 Å². The monoisotopic (exact) mass is 187 g/mol. The van der Waals surface area contributed by atoms with Crippen LogP contribution in [0.15, 0.2) is 30.5 Å². The molecular weight excluding hydrogens is 174 g/mol. The van der Waals surface area contributed by atoms with E-state index < -0.39 is 0 Å². The van der Waals surface area contributed by atoms with Gasteiger partial charge in [0, 0.05) is 23.3 Å². The van der Waals surface area contributed by atoms with Gasteiger partial charge in [-0.25, -0.2) is 0 Å². The minimum Gasteiger partial charge on any atom is -0.345 e. The summed E-state index contributed by atoms with van der Waals surface area (Å²) < 4.78 is 2.17. The highest BCUT2D eigenvalue weighted by molar-refractivity contribution is 5.87. The van der Waals surface area contributed by atoms with Crippen molar-refractivity contribution in [3.05, 3.63) is 36.0 Å². The number of fused-ring (bicyclic) bond motifs is 1. The average molecular weight is 187 g/mol. The summed E-state index contributed by atoms with van der Waals surface area (Å²) in [4.78, 5) is 10.6. The van der Waals surface area contributed by atoms with E-state index >= 15 is 0 Å². The maximum Gasteiger partial charge on any atom is 0.150 e. The number of aldehydes is 1. The van der Waals surface area contributed by atoms with Crippen molar-refractivity contribution in [3.63, 3.8) is 0 Å². The van der Waals surface area contributed by atoms with Crippen molar-refractivity contribution in [3.8, 4) is 0 Å². The molecule has 2 aromatic rings. The summed E-state index contributed by atoms with van der Waals surface area (Å²) in [5.41, 5.74) is 1.86. The van der Waals surface area contributed by atoms with Crippen LogP contribution in [0.25, 0.3) is 10.9 Å².